The van der Waals surface area contributed by atoms with E-state index in [2.05, 4.69) is 0 Å². The number of ether oxygens (including phenoxy) is 1. The third-order valence-electron chi connectivity index (χ3n) is 1.90. The third kappa shape index (κ3) is 1.14. The van der Waals surface area contributed by atoms with Gasteiger partial charge < -0.3 is 4.74 Å². The van der Waals surface area contributed by atoms with E-state index >= 15 is 0 Å². The van der Waals surface area contributed by atoms with E-state index in [1.807, 2.05) is 6.07 Å². The van der Waals surface area contributed by atoms with Crippen molar-refractivity contribution in [3.8, 4) is 0 Å². The molecule has 1 nitrogen and oxygen atoms in total. The predicted molar refractivity (Wildman–Crippen MR) is 39.8 cm³/mol. The molecule has 1 atom stereocenters. The van der Waals surface area contributed by atoms with Crippen molar-refractivity contribution in [2.45, 2.75) is 13.0 Å². The summed E-state index contributed by atoms with van der Waals surface area (Å²) in [5, 5.41) is 0. The van der Waals surface area contributed by atoms with Crippen LogP contribution in [0.15, 0.2) is 18.2 Å². The minimum absolute atomic E-state index is 0.0231. The quantitative estimate of drug-likeness (QED) is 0.562. The van der Waals surface area contributed by atoms with Crippen molar-refractivity contribution in [3.05, 3.63) is 35.1 Å². The zero-order valence-electron chi connectivity index (χ0n) is 6.30. The molecule has 1 aliphatic heterocycles. The van der Waals surface area contributed by atoms with Crippen LogP contribution in [0.1, 0.15) is 17.2 Å². The molecule has 2 heteroatoms. The molecule has 1 saturated heterocycles. The normalized spacial score (nSPS) is 21.8. The molecule has 0 amide bonds. The van der Waals surface area contributed by atoms with Gasteiger partial charge in [0.1, 0.15) is 11.9 Å². The summed E-state index contributed by atoms with van der Waals surface area (Å²) in [7, 11) is 0. The van der Waals surface area contributed by atoms with Gasteiger partial charge in [-0.15, -0.1) is 0 Å². The first-order valence-electron chi connectivity index (χ1n) is 3.65. The second kappa shape index (κ2) is 2.31. The highest BCUT2D eigenvalue weighted by Gasteiger charge is 2.27. The molecule has 0 bridgehead atoms. The van der Waals surface area contributed by atoms with Crippen LogP contribution in [0.25, 0.3) is 0 Å². The highest BCUT2D eigenvalue weighted by atomic mass is 19.1. The number of epoxide rings is 1. The van der Waals surface area contributed by atoms with Gasteiger partial charge in [-0.05, 0) is 12.5 Å². The molecule has 2 rings (SSSR count). The first-order valence-corrected chi connectivity index (χ1v) is 3.65. The van der Waals surface area contributed by atoms with Gasteiger partial charge in [-0.3, -0.25) is 0 Å². The largest absolute Gasteiger partial charge is 0.368 e. The van der Waals surface area contributed by atoms with Crippen LogP contribution in [0.4, 0.5) is 4.39 Å². The lowest BCUT2D eigenvalue weighted by atomic mass is 10.1. The number of aryl methyl sites for hydroxylation is 1. The minimum Gasteiger partial charge on any atom is -0.368 e. The van der Waals surface area contributed by atoms with Gasteiger partial charge in [-0.25, -0.2) is 4.39 Å². The summed E-state index contributed by atoms with van der Waals surface area (Å²) < 4.78 is 18.2. The van der Waals surface area contributed by atoms with Crippen molar-refractivity contribution in [3.63, 3.8) is 0 Å². The maximum atomic E-state index is 13.2. The van der Waals surface area contributed by atoms with Crippen LogP contribution in [0.3, 0.4) is 0 Å². The molecule has 1 aromatic rings. The molecular formula is C9H9FO. The van der Waals surface area contributed by atoms with E-state index in [1.54, 1.807) is 19.1 Å². The molecule has 0 aromatic heterocycles. The van der Waals surface area contributed by atoms with Crippen molar-refractivity contribution in [2.24, 2.45) is 0 Å². The second-order valence-electron chi connectivity index (χ2n) is 2.80. The van der Waals surface area contributed by atoms with Crippen molar-refractivity contribution >= 4 is 0 Å². The Kier molecular flexibility index (Phi) is 1.43. The van der Waals surface area contributed by atoms with E-state index in [-0.39, 0.29) is 11.9 Å². The Morgan fingerprint density at radius 3 is 2.91 bits per heavy atom. The summed E-state index contributed by atoms with van der Waals surface area (Å²) >= 11 is 0. The van der Waals surface area contributed by atoms with E-state index in [4.69, 9.17) is 4.74 Å². The highest BCUT2D eigenvalue weighted by Crippen LogP contribution is 2.32. The van der Waals surface area contributed by atoms with Gasteiger partial charge in [0.25, 0.3) is 0 Å². The molecule has 0 unspecified atom stereocenters. The standard InChI is InChI=1S/C9H9FO/c1-6-3-2-4-7(9(6)10)8-5-11-8/h2-4,8H,5H2,1H3/t8-/m0/s1. The van der Waals surface area contributed by atoms with Gasteiger partial charge in [-0.1, -0.05) is 18.2 Å². The number of hydrogen-bond acceptors (Lipinski definition) is 1. The fourth-order valence-electron chi connectivity index (χ4n) is 1.15. The summed E-state index contributed by atoms with van der Waals surface area (Å²) in [4.78, 5) is 0. The van der Waals surface area contributed by atoms with Gasteiger partial charge in [0, 0.05) is 5.56 Å². The minimum atomic E-state index is -0.116. The zero-order chi connectivity index (χ0) is 7.84. The predicted octanol–water partition coefficient (Wildman–Crippen LogP) is 2.21. The van der Waals surface area contributed by atoms with E-state index in [0.717, 1.165) is 0 Å². The Labute approximate surface area is 64.8 Å². The van der Waals surface area contributed by atoms with E-state index in [9.17, 15) is 4.39 Å². The number of benzene rings is 1. The lowest BCUT2D eigenvalue weighted by Crippen LogP contribution is -1.90. The van der Waals surface area contributed by atoms with Gasteiger partial charge in [0.2, 0.25) is 0 Å². The molecule has 1 heterocycles. The van der Waals surface area contributed by atoms with Crippen molar-refractivity contribution in [1.82, 2.24) is 0 Å². The average molecular weight is 152 g/mol. The summed E-state index contributed by atoms with van der Waals surface area (Å²) in [6.45, 7) is 2.43. The molecule has 1 aliphatic rings. The smallest absolute Gasteiger partial charge is 0.132 e. The van der Waals surface area contributed by atoms with Gasteiger partial charge in [0.15, 0.2) is 0 Å². The molecule has 0 saturated carbocycles. The summed E-state index contributed by atoms with van der Waals surface area (Å²) in [6, 6.07) is 5.40. The maximum Gasteiger partial charge on any atom is 0.132 e. The summed E-state index contributed by atoms with van der Waals surface area (Å²) in [6.07, 6.45) is 0.0231. The Hall–Kier alpha value is -0.890. The Balaban J connectivity index is 2.45. The monoisotopic (exact) mass is 152 g/mol. The molecule has 0 spiro atoms. The lowest BCUT2D eigenvalue weighted by molar-refractivity contribution is 0.407. The molecule has 58 valence electrons. The Morgan fingerprint density at radius 2 is 2.27 bits per heavy atom. The van der Waals surface area contributed by atoms with Gasteiger partial charge in [0.05, 0.1) is 6.61 Å². The first-order chi connectivity index (χ1) is 5.29. The molecule has 0 N–H and O–H groups in total. The van der Waals surface area contributed by atoms with Crippen LogP contribution in [0.5, 0.6) is 0 Å². The first kappa shape index (κ1) is 6.80. The molecular weight excluding hydrogens is 143 g/mol. The van der Waals surface area contributed by atoms with Gasteiger partial charge >= 0.3 is 0 Å². The molecule has 0 aliphatic carbocycles. The number of hydrogen-bond donors (Lipinski definition) is 0. The number of halogens is 1. The van der Waals surface area contributed by atoms with Crippen LogP contribution in [0.2, 0.25) is 0 Å². The molecule has 1 aromatic carbocycles. The number of rotatable bonds is 1. The second-order valence-corrected chi connectivity index (χ2v) is 2.80. The van der Waals surface area contributed by atoms with Crippen LogP contribution in [-0.4, -0.2) is 6.61 Å². The van der Waals surface area contributed by atoms with Crippen molar-refractivity contribution in [1.29, 1.82) is 0 Å². The van der Waals surface area contributed by atoms with Crippen LogP contribution >= 0.6 is 0 Å². The topological polar surface area (TPSA) is 12.5 Å². The molecule has 0 radical (unpaired) electrons. The van der Waals surface area contributed by atoms with Crippen molar-refractivity contribution < 1.29 is 9.13 Å². The average Bonchev–Trinajstić information content (AvgIpc) is 2.77. The fourth-order valence-corrected chi connectivity index (χ4v) is 1.15. The molecule has 1 fully saturated rings. The Bertz CT molecular complexity index is 279. The molecule has 11 heavy (non-hydrogen) atoms. The van der Waals surface area contributed by atoms with Crippen molar-refractivity contribution in [2.75, 3.05) is 6.61 Å². The van der Waals surface area contributed by atoms with E-state index in [1.165, 1.54) is 0 Å². The SMILES string of the molecule is Cc1cccc([C@@H]2CO2)c1F. The van der Waals surface area contributed by atoms with Crippen LogP contribution < -0.4 is 0 Å². The Morgan fingerprint density at radius 1 is 1.55 bits per heavy atom. The lowest BCUT2D eigenvalue weighted by Gasteiger charge is -2.00. The van der Waals surface area contributed by atoms with E-state index in [0.29, 0.717) is 17.7 Å². The summed E-state index contributed by atoms with van der Waals surface area (Å²) in [5.74, 6) is -0.116. The van der Waals surface area contributed by atoms with Gasteiger partial charge in [-0.2, -0.15) is 0 Å². The highest BCUT2D eigenvalue weighted by molar-refractivity contribution is 5.28. The van der Waals surface area contributed by atoms with Crippen LogP contribution in [-0.2, 0) is 4.74 Å². The zero-order valence-corrected chi connectivity index (χ0v) is 6.30. The summed E-state index contributed by atoms with van der Waals surface area (Å²) in [5.41, 5.74) is 1.39. The third-order valence-corrected chi connectivity index (χ3v) is 1.90. The fraction of sp³-hybridized carbons (Fsp3) is 0.333. The van der Waals surface area contributed by atoms with E-state index < -0.39 is 0 Å². The maximum absolute atomic E-state index is 13.2. The van der Waals surface area contributed by atoms with Crippen LogP contribution in [0, 0.1) is 12.7 Å².